The molecule has 146 valence electrons. The highest BCUT2D eigenvalue weighted by molar-refractivity contribution is 5.12. The number of rotatable bonds is 7. The molecule has 0 saturated heterocycles. The van der Waals surface area contributed by atoms with Crippen LogP contribution in [0.3, 0.4) is 0 Å². The lowest BCUT2D eigenvalue weighted by Gasteiger charge is -2.39. The Kier molecular flexibility index (Phi) is 8.98. The molecule has 6 atom stereocenters. The molecule has 1 rings (SSSR count). The van der Waals surface area contributed by atoms with Crippen molar-refractivity contribution in [2.45, 2.75) is 48.7 Å². The summed E-state index contributed by atoms with van der Waals surface area (Å²) >= 11 is 0. The fourth-order valence-corrected chi connectivity index (χ4v) is 2.95. The highest BCUT2D eigenvalue weighted by Crippen LogP contribution is 2.33. The maximum Gasteiger partial charge on any atom is 0.0550 e. The molecule has 0 aromatic heterocycles. The Labute approximate surface area is 158 Å². The second kappa shape index (κ2) is 11.7. The molecule has 6 unspecified atom stereocenters. The topological polar surface area (TPSA) is 341 Å². The van der Waals surface area contributed by atoms with Gasteiger partial charge in [-0.15, -0.1) is 0 Å². The molecule has 0 aromatic rings. The van der Waals surface area contributed by atoms with E-state index in [9.17, 15) is 0 Å². The van der Waals surface area contributed by atoms with Gasteiger partial charge in [-0.3, -0.25) is 0 Å². The molecule has 0 N–H and O–H groups in total. The summed E-state index contributed by atoms with van der Waals surface area (Å²) < 4.78 is 0. The minimum atomic E-state index is -1.54. The molecule has 0 aliphatic heterocycles. The van der Waals surface area contributed by atoms with Crippen LogP contribution in [0.15, 0.2) is 35.8 Å². The third-order valence-corrected chi connectivity index (χ3v) is 4.00. The number of hydrogen-bond acceptors (Lipinski definition) is 7. The minimum Gasteiger partial charge on any atom is -0.0902 e. The van der Waals surface area contributed by atoms with Gasteiger partial charge >= 0.3 is 0 Å². The van der Waals surface area contributed by atoms with Gasteiger partial charge in [0.25, 0.3) is 0 Å². The summed E-state index contributed by atoms with van der Waals surface area (Å²) in [6, 6.07) is -9.80. The van der Waals surface area contributed by atoms with Crippen molar-refractivity contribution in [3.8, 4) is 0 Å². The predicted molar refractivity (Wildman–Crippen MR) is 95.2 cm³/mol. The average molecular weight is 399 g/mol. The van der Waals surface area contributed by atoms with Gasteiger partial charge in [-0.1, -0.05) is 35.8 Å². The molecule has 0 aromatic carbocycles. The Morgan fingerprint density at radius 2 is 0.621 bits per heavy atom. The van der Waals surface area contributed by atoms with E-state index >= 15 is 0 Å². The summed E-state index contributed by atoms with van der Waals surface area (Å²) in [4.78, 5) is 18.4. The molecule has 0 radical (unpaired) electrons. The molecule has 0 bridgehead atoms. The van der Waals surface area contributed by atoms with Gasteiger partial charge in [-0.25, -0.2) is 0 Å². The zero-order valence-corrected chi connectivity index (χ0v) is 14.1. The van der Waals surface area contributed by atoms with Gasteiger partial charge in [0.1, 0.15) is 0 Å². The van der Waals surface area contributed by atoms with Crippen LogP contribution < -0.4 is 0 Å². The van der Waals surface area contributed by atoms with E-state index in [2.05, 4.69) is 70.2 Å². The summed E-state index contributed by atoms with van der Waals surface area (Å²) in [6.07, 6.45) is -0.320. The molecule has 0 spiro atoms. The van der Waals surface area contributed by atoms with E-state index in [1.54, 1.807) is 0 Å². The van der Waals surface area contributed by atoms with Gasteiger partial charge in [-0.05, 0) is 45.1 Å². The predicted octanol–water partition coefficient (Wildman–Crippen LogP) is 5.14. The van der Waals surface area contributed by atoms with E-state index in [4.69, 9.17) is 38.7 Å². The second-order valence-corrected chi connectivity index (χ2v) is 5.26. The molecule has 0 amide bonds. The first-order valence-corrected chi connectivity index (χ1v) is 7.42. The van der Waals surface area contributed by atoms with Crippen LogP contribution in [0, 0.1) is 0 Å². The molecule has 21 heteroatoms. The van der Waals surface area contributed by atoms with Crippen molar-refractivity contribution >= 4 is 0 Å². The van der Waals surface area contributed by atoms with Gasteiger partial charge in [-0.2, -0.15) is 0 Å². The van der Waals surface area contributed by atoms with E-state index in [-0.39, 0.29) is 6.42 Å². The number of nitrogens with zero attached hydrogens (tertiary/aromatic N) is 21. The maximum atomic E-state index is 8.94. The van der Waals surface area contributed by atoms with E-state index < -0.39 is 42.3 Å². The normalized spacial score (nSPS) is 30.3. The van der Waals surface area contributed by atoms with Crippen molar-refractivity contribution in [3.05, 3.63) is 73.1 Å². The third kappa shape index (κ3) is 5.32. The first kappa shape index (κ1) is 22.2. The first-order valence-electron chi connectivity index (χ1n) is 7.42. The van der Waals surface area contributed by atoms with Crippen LogP contribution in [0.1, 0.15) is 6.42 Å². The molecular weight excluding hydrogens is 390 g/mol. The van der Waals surface area contributed by atoms with Crippen LogP contribution in [-0.4, -0.2) is 42.3 Å². The highest BCUT2D eigenvalue weighted by atomic mass is 15.3. The summed E-state index contributed by atoms with van der Waals surface area (Å²) in [5, 5.41) is 24.3. The zero-order valence-electron chi connectivity index (χ0n) is 14.1. The minimum absolute atomic E-state index is 0.320. The Morgan fingerprint density at radius 1 is 0.379 bits per heavy atom. The summed E-state index contributed by atoms with van der Waals surface area (Å²) in [5.74, 6) is 0. The Hall–Kier alpha value is -4.83. The van der Waals surface area contributed by atoms with Gasteiger partial charge in [0.05, 0.1) is 30.2 Å². The van der Waals surface area contributed by atoms with Crippen LogP contribution in [0.25, 0.3) is 73.1 Å². The summed E-state index contributed by atoms with van der Waals surface area (Å²) in [7, 11) is 0. The van der Waals surface area contributed by atoms with Crippen molar-refractivity contribution in [3.63, 3.8) is 0 Å². The van der Waals surface area contributed by atoms with Crippen LogP contribution >= 0.6 is 0 Å². The largest absolute Gasteiger partial charge is 0.0902 e. The monoisotopic (exact) mass is 399 g/mol. The van der Waals surface area contributed by atoms with E-state index in [1.165, 1.54) is 0 Å². The number of azide groups is 7. The van der Waals surface area contributed by atoms with Gasteiger partial charge in [0.2, 0.25) is 0 Å². The lowest BCUT2D eigenvalue weighted by atomic mass is 9.79. The molecule has 29 heavy (non-hydrogen) atoms. The Bertz CT molecular complexity index is 867. The third-order valence-electron chi connectivity index (χ3n) is 4.00. The van der Waals surface area contributed by atoms with Gasteiger partial charge < -0.3 is 0 Å². The molecular formula is C8H9N21. The lowest BCUT2D eigenvalue weighted by molar-refractivity contribution is 0.261. The zero-order chi connectivity index (χ0) is 21.6. The van der Waals surface area contributed by atoms with Crippen LogP contribution in [0.2, 0.25) is 0 Å². The smallest absolute Gasteiger partial charge is 0.0550 e. The standard InChI is InChI=1S/C8H9N21/c9-23-16-2-1-3(17-24-10)5(19-26-12)7(21-28-14)8(22-29-15)6(20-27-13)4(2)18-25-11/h2-8H,1H2. The Morgan fingerprint density at radius 3 is 0.897 bits per heavy atom. The molecule has 1 fully saturated rings. The quantitative estimate of drug-likeness (QED) is 0.304. The number of hydrogen-bond donors (Lipinski definition) is 0. The molecule has 1 aliphatic carbocycles. The first-order chi connectivity index (χ1) is 14.1. The summed E-state index contributed by atoms with van der Waals surface area (Å²) in [6.45, 7) is 0. The fraction of sp³-hybridized carbons (Fsp3) is 1.00. The molecule has 0 heterocycles. The van der Waals surface area contributed by atoms with Crippen molar-refractivity contribution in [1.29, 1.82) is 0 Å². The van der Waals surface area contributed by atoms with E-state index in [0.29, 0.717) is 0 Å². The average Bonchev–Trinajstić information content (AvgIpc) is 2.70. The van der Waals surface area contributed by atoms with E-state index in [1.807, 2.05) is 0 Å². The fourth-order valence-electron chi connectivity index (χ4n) is 2.95. The Balaban J connectivity index is 3.96. The van der Waals surface area contributed by atoms with Gasteiger partial charge in [0, 0.05) is 46.5 Å². The molecule has 21 nitrogen and oxygen atoms in total. The van der Waals surface area contributed by atoms with Crippen molar-refractivity contribution in [1.82, 2.24) is 0 Å². The second-order valence-electron chi connectivity index (χ2n) is 5.26. The van der Waals surface area contributed by atoms with Crippen LogP contribution in [-0.2, 0) is 0 Å². The van der Waals surface area contributed by atoms with Crippen molar-refractivity contribution in [2.75, 3.05) is 0 Å². The molecule has 1 aliphatic rings. The van der Waals surface area contributed by atoms with Crippen molar-refractivity contribution < 1.29 is 0 Å². The summed E-state index contributed by atoms with van der Waals surface area (Å²) in [5.41, 5.74) is 62.3. The SMILES string of the molecule is [N-]=[N+]=NC1CC(N=[N+]=[N-])C(N=[N+]=[N-])C(N=[N+]=[N-])C(N=[N+]=[N-])C(N=[N+]=[N-])C1N=[N+]=[N-]. The van der Waals surface area contributed by atoms with Crippen molar-refractivity contribution in [2.24, 2.45) is 35.8 Å². The maximum absolute atomic E-state index is 8.94. The molecule has 1 saturated carbocycles. The van der Waals surface area contributed by atoms with E-state index in [0.717, 1.165) is 0 Å². The highest BCUT2D eigenvalue weighted by Gasteiger charge is 2.45. The van der Waals surface area contributed by atoms with Crippen LogP contribution in [0.4, 0.5) is 0 Å². The lowest BCUT2D eigenvalue weighted by Crippen LogP contribution is -2.54. The van der Waals surface area contributed by atoms with Crippen LogP contribution in [0.5, 0.6) is 0 Å². The van der Waals surface area contributed by atoms with Gasteiger partial charge in [0.15, 0.2) is 0 Å².